The van der Waals surface area contributed by atoms with Crippen LogP contribution in [0.3, 0.4) is 0 Å². The summed E-state index contributed by atoms with van der Waals surface area (Å²) in [4.78, 5) is 2.24. The van der Waals surface area contributed by atoms with Crippen molar-refractivity contribution in [3.8, 4) is 0 Å². The highest BCUT2D eigenvalue weighted by molar-refractivity contribution is 5.39. The van der Waals surface area contributed by atoms with Crippen LogP contribution in [-0.4, -0.2) is 17.6 Å². The SMILES string of the molecule is C=C(C)C(=C)/C=C\C1=C(C)N(C)[C@@](N)(CCC)CC1. The fraction of sp³-hybridized carbons (Fsp3) is 0.529. The van der Waals surface area contributed by atoms with Gasteiger partial charge in [-0.2, -0.15) is 0 Å². The first-order valence-corrected chi connectivity index (χ1v) is 7.07. The second-order valence-electron chi connectivity index (χ2n) is 5.66. The van der Waals surface area contributed by atoms with Gasteiger partial charge in [-0.05, 0) is 44.3 Å². The molecular weight excluding hydrogens is 232 g/mol. The van der Waals surface area contributed by atoms with Crippen LogP contribution in [0.2, 0.25) is 0 Å². The first-order chi connectivity index (χ1) is 8.81. The Kier molecular flexibility index (Phi) is 5.19. The minimum atomic E-state index is -0.179. The van der Waals surface area contributed by atoms with Crippen LogP contribution in [0, 0.1) is 0 Å². The summed E-state index contributed by atoms with van der Waals surface area (Å²) in [6.45, 7) is 14.2. The molecule has 0 unspecified atom stereocenters. The molecule has 0 radical (unpaired) electrons. The number of nitrogens with zero attached hydrogens (tertiary/aromatic N) is 1. The summed E-state index contributed by atoms with van der Waals surface area (Å²) in [6, 6.07) is 0. The largest absolute Gasteiger partial charge is 0.360 e. The van der Waals surface area contributed by atoms with Gasteiger partial charge in [-0.1, -0.05) is 44.2 Å². The average Bonchev–Trinajstić information content (AvgIpc) is 2.35. The predicted octanol–water partition coefficient (Wildman–Crippen LogP) is 4.13. The predicted molar refractivity (Wildman–Crippen MR) is 84.6 cm³/mol. The Labute approximate surface area is 118 Å². The quantitative estimate of drug-likeness (QED) is 0.753. The minimum Gasteiger partial charge on any atom is -0.360 e. The molecule has 1 heterocycles. The van der Waals surface area contributed by atoms with E-state index in [2.05, 4.69) is 51.1 Å². The van der Waals surface area contributed by atoms with Crippen LogP contribution in [0.5, 0.6) is 0 Å². The molecule has 2 heteroatoms. The van der Waals surface area contributed by atoms with E-state index in [1.807, 2.05) is 6.92 Å². The molecule has 2 nitrogen and oxygen atoms in total. The maximum atomic E-state index is 6.51. The molecule has 0 aromatic heterocycles. The molecule has 1 rings (SSSR count). The minimum absolute atomic E-state index is 0.179. The Hall–Kier alpha value is -1.28. The van der Waals surface area contributed by atoms with Crippen LogP contribution < -0.4 is 5.73 Å². The standard InChI is InChI=1S/C17H28N2/c1-7-11-17(18)12-10-16(15(5)19(17)6)9-8-14(4)13(2)3/h8-9H,2,4,7,10-12,18H2,1,3,5-6H3/b9-8-/t17-/m0/s1. The molecule has 0 spiro atoms. The number of rotatable bonds is 5. The Morgan fingerprint density at radius 1 is 1.47 bits per heavy atom. The van der Waals surface area contributed by atoms with Crippen molar-refractivity contribution in [3.63, 3.8) is 0 Å². The molecule has 0 amide bonds. The summed E-state index contributed by atoms with van der Waals surface area (Å²) in [7, 11) is 2.10. The first-order valence-electron chi connectivity index (χ1n) is 7.07. The summed E-state index contributed by atoms with van der Waals surface area (Å²) >= 11 is 0. The molecule has 0 aromatic carbocycles. The lowest BCUT2D eigenvalue weighted by Gasteiger charge is -2.45. The zero-order valence-corrected chi connectivity index (χ0v) is 12.9. The van der Waals surface area contributed by atoms with Crippen molar-refractivity contribution in [1.29, 1.82) is 0 Å². The molecule has 19 heavy (non-hydrogen) atoms. The third-order valence-corrected chi connectivity index (χ3v) is 4.18. The Morgan fingerprint density at radius 2 is 2.11 bits per heavy atom. The van der Waals surface area contributed by atoms with Crippen molar-refractivity contribution in [3.05, 3.63) is 47.7 Å². The smallest absolute Gasteiger partial charge is 0.0880 e. The van der Waals surface area contributed by atoms with Crippen LogP contribution in [0.25, 0.3) is 0 Å². The fourth-order valence-electron chi connectivity index (χ4n) is 2.52. The van der Waals surface area contributed by atoms with Crippen molar-refractivity contribution in [2.24, 2.45) is 5.73 Å². The van der Waals surface area contributed by atoms with Crippen LogP contribution >= 0.6 is 0 Å². The highest BCUT2D eigenvalue weighted by Gasteiger charge is 2.33. The van der Waals surface area contributed by atoms with Crippen LogP contribution in [0.1, 0.15) is 46.5 Å². The van der Waals surface area contributed by atoms with Crippen molar-refractivity contribution in [1.82, 2.24) is 4.90 Å². The summed E-state index contributed by atoms with van der Waals surface area (Å²) in [5, 5.41) is 0. The molecule has 1 aliphatic rings. The van der Waals surface area contributed by atoms with E-state index in [4.69, 9.17) is 5.73 Å². The van der Waals surface area contributed by atoms with Crippen LogP contribution in [0.15, 0.2) is 47.7 Å². The van der Waals surface area contributed by atoms with Gasteiger partial charge < -0.3 is 10.6 Å². The monoisotopic (exact) mass is 260 g/mol. The molecule has 0 aromatic rings. The van der Waals surface area contributed by atoms with Gasteiger partial charge in [0.2, 0.25) is 0 Å². The maximum absolute atomic E-state index is 6.51. The van der Waals surface area contributed by atoms with Crippen molar-refractivity contribution in [2.75, 3.05) is 7.05 Å². The average molecular weight is 260 g/mol. The van der Waals surface area contributed by atoms with Gasteiger partial charge in [-0.15, -0.1) is 0 Å². The number of hydrogen-bond donors (Lipinski definition) is 1. The third kappa shape index (κ3) is 3.60. The molecule has 106 valence electrons. The first kappa shape index (κ1) is 15.8. The van der Waals surface area contributed by atoms with Crippen LogP contribution in [-0.2, 0) is 0 Å². The van der Waals surface area contributed by atoms with Gasteiger partial charge >= 0.3 is 0 Å². The fourth-order valence-corrected chi connectivity index (χ4v) is 2.52. The Morgan fingerprint density at radius 3 is 2.63 bits per heavy atom. The Balaban J connectivity index is 2.90. The topological polar surface area (TPSA) is 29.3 Å². The lowest BCUT2D eigenvalue weighted by atomic mass is 9.88. The van der Waals surface area contributed by atoms with Crippen molar-refractivity contribution >= 4 is 0 Å². The molecule has 1 aliphatic heterocycles. The van der Waals surface area contributed by atoms with E-state index in [1.54, 1.807) is 0 Å². The van der Waals surface area contributed by atoms with Gasteiger partial charge in [0.25, 0.3) is 0 Å². The zero-order chi connectivity index (χ0) is 14.6. The van der Waals surface area contributed by atoms with Gasteiger partial charge in [0.1, 0.15) is 0 Å². The normalized spacial score (nSPS) is 24.2. The maximum Gasteiger partial charge on any atom is 0.0880 e. The van der Waals surface area contributed by atoms with E-state index in [0.717, 1.165) is 36.8 Å². The van der Waals surface area contributed by atoms with Gasteiger partial charge in [0.15, 0.2) is 0 Å². The van der Waals surface area contributed by atoms with E-state index in [-0.39, 0.29) is 5.66 Å². The number of hydrogen-bond acceptors (Lipinski definition) is 2. The van der Waals surface area contributed by atoms with E-state index in [9.17, 15) is 0 Å². The summed E-state index contributed by atoms with van der Waals surface area (Å²) in [6.07, 6.45) is 8.41. The molecule has 0 saturated heterocycles. The third-order valence-electron chi connectivity index (χ3n) is 4.18. The molecule has 0 saturated carbocycles. The van der Waals surface area contributed by atoms with Gasteiger partial charge in [0.05, 0.1) is 5.66 Å². The highest BCUT2D eigenvalue weighted by Crippen LogP contribution is 2.33. The van der Waals surface area contributed by atoms with Crippen molar-refractivity contribution in [2.45, 2.75) is 52.1 Å². The molecular formula is C17H28N2. The second kappa shape index (κ2) is 6.25. The van der Waals surface area contributed by atoms with Gasteiger partial charge in [-0.3, -0.25) is 0 Å². The number of nitrogens with two attached hydrogens (primary N) is 1. The van der Waals surface area contributed by atoms with E-state index in [0.29, 0.717) is 0 Å². The molecule has 0 bridgehead atoms. The molecule has 1 atom stereocenters. The highest BCUT2D eigenvalue weighted by atomic mass is 15.3. The lowest BCUT2D eigenvalue weighted by molar-refractivity contribution is 0.126. The van der Waals surface area contributed by atoms with Gasteiger partial charge in [0, 0.05) is 12.7 Å². The van der Waals surface area contributed by atoms with E-state index < -0.39 is 0 Å². The lowest BCUT2D eigenvalue weighted by Crippen LogP contribution is -2.55. The van der Waals surface area contributed by atoms with E-state index in [1.165, 1.54) is 11.3 Å². The Bertz CT molecular complexity index is 429. The summed E-state index contributed by atoms with van der Waals surface area (Å²) in [5.41, 5.74) is 10.9. The molecule has 0 aliphatic carbocycles. The van der Waals surface area contributed by atoms with E-state index >= 15 is 0 Å². The number of allylic oxidation sites excluding steroid dienone is 6. The summed E-state index contributed by atoms with van der Waals surface area (Å²) < 4.78 is 0. The molecule has 2 N–H and O–H groups in total. The van der Waals surface area contributed by atoms with Gasteiger partial charge in [-0.25, -0.2) is 0 Å². The second-order valence-corrected chi connectivity index (χ2v) is 5.66. The molecule has 0 fully saturated rings. The van der Waals surface area contributed by atoms with Crippen LogP contribution in [0.4, 0.5) is 0 Å². The zero-order valence-electron chi connectivity index (χ0n) is 12.9. The summed E-state index contributed by atoms with van der Waals surface area (Å²) in [5.74, 6) is 0. The van der Waals surface area contributed by atoms with Crippen molar-refractivity contribution < 1.29 is 0 Å².